The number of nitrogens with zero attached hydrogens (tertiary/aromatic N) is 2. The van der Waals surface area contributed by atoms with Gasteiger partial charge in [-0.05, 0) is 37.7 Å². The van der Waals surface area contributed by atoms with Gasteiger partial charge in [-0.3, -0.25) is 19.3 Å². The van der Waals surface area contributed by atoms with Gasteiger partial charge >= 0.3 is 5.97 Å². The smallest absolute Gasteiger partial charge is 0.328 e. The molecule has 0 saturated carbocycles. The van der Waals surface area contributed by atoms with E-state index in [1.54, 1.807) is 24.3 Å². The van der Waals surface area contributed by atoms with Crippen molar-refractivity contribution in [1.82, 2.24) is 9.55 Å². The van der Waals surface area contributed by atoms with Crippen molar-refractivity contribution in [3.05, 3.63) is 50.5 Å². The van der Waals surface area contributed by atoms with Crippen LogP contribution in [0.4, 0.5) is 0 Å². The molecular weight excluding hydrogens is 406 g/mol. The third-order valence-corrected chi connectivity index (χ3v) is 5.11. The number of rotatable bonds is 7. The number of aromatic nitrogens is 2. The molecule has 0 aliphatic rings. The molecule has 0 aliphatic heterocycles. The minimum absolute atomic E-state index is 0.0460. The first-order valence-corrected chi connectivity index (χ1v) is 10.6. The number of hydrogen-bond donors (Lipinski definition) is 3. The lowest BCUT2D eigenvalue weighted by Gasteiger charge is -2.12. The SMILES string of the molecule is Cc1ccc(-n2c(O)c(C=N[C@@H](CCS(C)(=O)=O)C(=O)O)c(=O)[nH]c2=S)cc1. The molecule has 3 N–H and O–H groups in total. The minimum atomic E-state index is -3.38. The molecule has 150 valence electrons. The van der Waals surface area contributed by atoms with Crippen molar-refractivity contribution in [3.63, 3.8) is 0 Å². The first-order valence-electron chi connectivity index (χ1n) is 8.08. The van der Waals surface area contributed by atoms with E-state index >= 15 is 0 Å². The molecule has 0 unspecified atom stereocenters. The lowest BCUT2D eigenvalue weighted by molar-refractivity contribution is -0.138. The highest BCUT2D eigenvalue weighted by Crippen LogP contribution is 2.19. The number of aryl methyl sites for hydroxylation is 1. The maximum absolute atomic E-state index is 12.2. The number of nitrogens with one attached hydrogen (secondary N) is 1. The van der Waals surface area contributed by atoms with Crippen LogP contribution in [0.3, 0.4) is 0 Å². The zero-order chi connectivity index (χ0) is 21.1. The quantitative estimate of drug-likeness (QED) is 0.447. The maximum Gasteiger partial charge on any atom is 0.328 e. The fourth-order valence-electron chi connectivity index (χ4n) is 2.34. The molecule has 1 atom stereocenters. The summed E-state index contributed by atoms with van der Waals surface area (Å²) in [6.45, 7) is 1.89. The van der Waals surface area contributed by atoms with Gasteiger partial charge < -0.3 is 10.2 Å². The van der Waals surface area contributed by atoms with E-state index in [2.05, 4.69) is 9.98 Å². The molecule has 0 radical (unpaired) electrons. The molecule has 0 amide bonds. The third-order valence-electron chi connectivity index (χ3n) is 3.84. The van der Waals surface area contributed by atoms with E-state index in [4.69, 9.17) is 12.2 Å². The molecule has 0 bridgehead atoms. The molecule has 0 spiro atoms. The summed E-state index contributed by atoms with van der Waals surface area (Å²) in [5.41, 5.74) is 0.434. The molecule has 1 heterocycles. The molecule has 0 saturated heterocycles. The molecule has 0 aliphatic carbocycles. The van der Waals surface area contributed by atoms with Crippen LogP contribution in [0.25, 0.3) is 5.69 Å². The van der Waals surface area contributed by atoms with Crippen LogP contribution in [0.2, 0.25) is 0 Å². The van der Waals surface area contributed by atoms with Gasteiger partial charge in [0.05, 0.1) is 11.4 Å². The summed E-state index contributed by atoms with van der Waals surface area (Å²) in [4.78, 5) is 29.6. The maximum atomic E-state index is 12.2. The monoisotopic (exact) mass is 425 g/mol. The van der Waals surface area contributed by atoms with E-state index in [9.17, 15) is 28.2 Å². The summed E-state index contributed by atoms with van der Waals surface area (Å²) < 4.78 is 23.7. The molecule has 28 heavy (non-hydrogen) atoms. The second-order valence-corrected chi connectivity index (χ2v) is 8.86. The summed E-state index contributed by atoms with van der Waals surface area (Å²) in [6, 6.07) is 5.58. The van der Waals surface area contributed by atoms with Gasteiger partial charge in [0.15, 0.2) is 4.77 Å². The van der Waals surface area contributed by atoms with E-state index in [1.807, 2.05) is 6.92 Å². The summed E-state index contributed by atoms with van der Waals surface area (Å²) in [7, 11) is -3.38. The Morgan fingerprint density at radius 2 is 1.96 bits per heavy atom. The Bertz CT molecular complexity index is 1130. The van der Waals surface area contributed by atoms with Crippen LogP contribution < -0.4 is 5.56 Å². The summed E-state index contributed by atoms with van der Waals surface area (Å²) in [5.74, 6) is -2.23. The van der Waals surface area contributed by atoms with Gasteiger partial charge in [-0.1, -0.05) is 17.7 Å². The first-order chi connectivity index (χ1) is 13.0. The number of H-pyrrole nitrogens is 1. The lowest BCUT2D eigenvalue weighted by atomic mass is 10.2. The van der Waals surface area contributed by atoms with E-state index in [0.717, 1.165) is 18.0 Å². The number of benzene rings is 1. The molecule has 9 nitrogen and oxygen atoms in total. The van der Waals surface area contributed by atoms with Crippen molar-refractivity contribution in [3.8, 4) is 11.6 Å². The van der Waals surface area contributed by atoms with E-state index in [-0.39, 0.29) is 22.5 Å². The summed E-state index contributed by atoms with van der Waals surface area (Å²) in [5, 5.41) is 19.7. The fourth-order valence-corrected chi connectivity index (χ4v) is 3.28. The second kappa shape index (κ2) is 8.48. The standard InChI is InChI=1S/C17H19N3O6S2/c1-10-3-5-11(6-4-10)20-15(22)12(14(21)19-17(20)27)9-18-13(16(23)24)7-8-28(2,25)26/h3-6,9,13,22H,7-8H2,1-2H3,(H,23,24)(H,19,21,27)/t13-/m0/s1. The molecule has 2 aromatic rings. The predicted molar refractivity (Wildman–Crippen MR) is 107 cm³/mol. The van der Waals surface area contributed by atoms with Crippen LogP contribution in [0.5, 0.6) is 5.88 Å². The Balaban J connectivity index is 2.47. The highest BCUT2D eigenvalue weighted by Gasteiger charge is 2.19. The minimum Gasteiger partial charge on any atom is -0.494 e. The highest BCUT2D eigenvalue weighted by atomic mass is 32.2. The van der Waals surface area contributed by atoms with Gasteiger partial charge in [0.25, 0.3) is 5.56 Å². The molecule has 1 aromatic heterocycles. The van der Waals surface area contributed by atoms with Crippen molar-refractivity contribution in [2.45, 2.75) is 19.4 Å². The van der Waals surface area contributed by atoms with E-state index < -0.39 is 33.3 Å². The number of hydrogen-bond acceptors (Lipinski definition) is 7. The number of sulfone groups is 1. The van der Waals surface area contributed by atoms with Crippen molar-refractivity contribution in [2.24, 2.45) is 4.99 Å². The second-order valence-electron chi connectivity index (χ2n) is 6.22. The van der Waals surface area contributed by atoms with Gasteiger partial charge in [0, 0.05) is 12.5 Å². The third kappa shape index (κ3) is 5.36. The van der Waals surface area contributed by atoms with Crippen LogP contribution in [0.1, 0.15) is 17.5 Å². The van der Waals surface area contributed by atoms with Crippen molar-refractivity contribution in [1.29, 1.82) is 0 Å². The lowest BCUT2D eigenvalue weighted by Crippen LogP contribution is -2.23. The first kappa shape index (κ1) is 21.5. The Kier molecular flexibility index (Phi) is 6.52. The van der Waals surface area contributed by atoms with Crippen LogP contribution in [-0.4, -0.2) is 58.4 Å². The van der Waals surface area contributed by atoms with Gasteiger partial charge in [-0.2, -0.15) is 0 Å². The Labute approximate surface area is 165 Å². The molecule has 0 fully saturated rings. The van der Waals surface area contributed by atoms with Crippen molar-refractivity contribution >= 4 is 34.2 Å². The van der Waals surface area contributed by atoms with E-state index in [1.165, 1.54) is 4.57 Å². The molecule has 11 heteroatoms. The highest BCUT2D eigenvalue weighted by molar-refractivity contribution is 7.90. The van der Waals surface area contributed by atoms with Crippen LogP contribution in [-0.2, 0) is 14.6 Å². The molecule has 2 rings (SSSR count). The van der Waals surface area contributed by atoms with Crippen LogP contribution >= 0.6 is 12.2 Å². The van der Waals surface area contributed by atoms with Gasteiger partial charge in [0.1, 0.15) is 21.4 Å². The van der Waals surface area contributed by atoms with Gasteiger partial charge in [-0.25, -0.2) is 13.2 Å². The number of aromatic amines is 1. The van der Waals surface area contributed by atoms with Crippen LogP contribution in [0, 0.1) is 11.7 Å². The number of carboxylic acids is 1. The largest absolute Gasteiger partial charge is 0.494 e. The van der Waals surface area contributed by atoms with Crippen molar-refractivity contribution < 1.29 is 23.4 Å². The number of carboxylic acid groups (broad SMARTS) is 1. The zero-order valence-corrected chi connectivity index (χ0v) is 16.7. The van der Waals surface area contributed by atoms with Crippen molar-refractivity contribution in [2.75, 3.05) is 12.0 Å². The van der Waals surface area contributed by atoms with Crippen LogP contribution in [0.15, 0.2) is 34.1 Å². The summed E-state index contributed by atoms with van der Waals surface area (Å²) in [6.07, 6.45) is 1.63. The Morgan fingerprint density at radius 1 is 1.36 bits per heavy atom. The predicted octanol–water partition coefficient (Wildman–Crippen LogP) is 1.22. The summed E-state index contributed by atoms with van der Waals surface area (Å²) >= 11 is 5.10. The number of aromatic hydroxyl groups is 1. The van der Waals surface area contributed by atoms with Gasteiger partial charge in [-0.15, -0.1) is 0 Å². The molecular formula is C17H19N3O6S2. The number of aliphatic imine (C=N–C) groups is 1. The topological polar surface area (TPSA) is 142 Å². The van der Waals surface area contributed by atoms with E-state index in [0.29, 0.717) is 5.69 Å². The average molecular weight is 425 g/mol. The van der Waals surface area contributed by atoms with Gasteiger partial charge in [0.2, 0.25) is 5.88 Å². The fraction of sp³-hybridized carbons (Fsp3) is 0.294. The Morgan fingerprint density at radius 3 is 2.50 bits per heavy atom. The molecule has 1 aromatic carbocycles. The Hall–Kier alpha value is -2.79. The number of carbonyl (C=O) groups is 1. The normalized spacial score (nSPS) is 12.9. The zero-order valence-electron chi connectivity index (χ0n) is 15.1. The number of aliphatic carboxylic acids is 1. The average Bonchev–Trinajstić information content (AvgIpc) is 2.57.